The Morgan fingerprint density at radius 1 is 1.40 bits per heavy atom. The smallest absolute Gasteiger partial charge is 0.316 e. The van der Waals surface area contributed by atoms with Crippen LogP contribution in [0.25, 0.3) is 0 Å². The lowest BCUT2D eigenvalue weighted by molar-refractivity contribution is 0.200. The third-order valence-corrected chi connectivity index (χ3v) is 4.04. The van der Waals surface area contributed by atoms with Crippen LogP contribution in [0.15, 0.2) is 24.3 Å². The highest BCUT2D eigenvalue weighted by atomic mass is 16.3. The summed E-state index contributed by atoms with van der Waals surface area (Å²) >= 11 is 0. The first kappa shape index (κ1) is 14.8. The first-order valence-corrected chi connectivity index (χ1v) is 7.13. The third-order valence-electron chi connectivity index (χ3n) is 4.04. The predicted octanol–water partition coefficient (Wildman–Crippen LogP) is 1.99. The first-order valence-electron chi connectivity index (χ1n) is 7.13. The molecule has 2 amide bonds. The van der Waals surface area contributed by atoms with Crippen molar-refractivity contribution in [2.24, 2.45) is 11.7 Å². The highest BCUT2D eigenvalue weighted by Crippen LogP contribution is 2.27. The third kappa shape index (κ3) is 3.71. The molecule has 1 aromatic carbocycles. The standard InChI is InChI=1S/C15H23N3O2/c1-10(17-14-4-2-3-12(14)9-19)11-5-7-13(8-6-11)18-15(16)20/h5-8,10,12,14,17,19H,2-4,9H2,1H3,(H3,16,18,20). The molecule has 0 saturated heterocycles. The topological polar surface area (TPSA) is 87.4 Å². The van der Waals surface area contributed by atoms with E-state index >= 15 is 0 Å². The fraction of sp³-hybridized carbons (Fsp3) is 0.533. The van der Waals surface area contributed by atoms with Crippen LogP contribution in [0, 0.1) is 5.92 Å². The van der Waals surface area contributed by atoms with Gasteiger partial charge in [0.25, 0.3) is 0 Å². The molecule has 0 heterocycles. The molecule has 1 saturated carbocycles. The van der Waals surface area contributed by atoms with Crippen LogP contribution < -0.4 is 16.4 Å². The van der Waals surface area contributed by atoms with E-state index < -0.39 is 6.03 Å². The number of aliphatic hydroxyl groups is 1. The molecule has 0 spiro atoms. The molecule has 5 N–H and O–H groups in total. The summed E-state index contributed by atoms with van der Waals surface area (Å²) < 4.78 is 0. The molecule has 2 rings (SSSR count). The van der Waals surface area contributed by atoms with Gasteiger partial charge in [0.05, 0.1) is 0 Å². The second kappa shape index (κ2) is 6.72. The van der Waals surface area contributed by atoms with Gasteiger partial charge in [-0.1, -0.05) is 18.6 Å². The van der Waals surface area contributed by atoms with Gasteiger partial charge in [0, 0.05) is 24.4 Å². The Morgan fingerprint density at radius 3 is 2.70 bits per heavy atom. The molecule has 0 radical (unpaired) electrons. The molecule has 0 aliphatic heterocycles. The number of primary amides is 1. The summed E-state index contributed by atoms with van der Waals surface area (Å²) in [6, 6.07) is 7.69. The zero-order valence-corrected chi connectivity index (χ0v) is 11.8. The van der Waals surface area contributed by atoms with Crippen molar-refractivity contribution in [2.75, 3.05) is 11.9 Å². The van der Waals surface area contributed by atoms with E-state index in [4.69, 9.17) is 5.73 Å². The molecule has 110 valence electrons. The van der Waals surface area contributed by atoms with Crippen molar-refractivity contribution < 1.29 is 9.90 Å². The maximum absolute atomic E-state index is 10.8. The number of carbonyl (C=O) groups is 1. The molecule has 0 bridgehead atoms. The fourth-order valence-electron chi connectivity index (χ4n) is 2.89. The van der Waals surface area contributed by atoms with Gasteiger partial charge in [-0.25, -0.2) is 4.79 Å². The van der Waals surface area contributed by atoms with Crippen LogP contribution in [0.1, 0.15) is 37.8 Å². The van der Waals surface area contributed by atoms with Crippen LogP contribution >= 0.6 is 0 Å². The monoisotopic (exact) mass is 277 g/mol. The Labute approximate surface area is 119 Å². The Morgan fingerprint density at radius 2 is 2.10 bits per heavy atom. The van der Waals surface area contributed by atoms with Gasteiger partial charge < -0.3 is 21.5 Å². The van der Waals surface area contributed by atoms with Crippen molar-refractivity contribution in [3.05, 3.63) is 29.8 Å². The fourth-order valence-corrected chi connectivity index (χ4v) is 2.89. The average Bonchev–Trinajstić information content (AvgIpc) is 2.86. The Bertz CT molecular complexity index is 447. The number of hydrogen-bond acceptors (Lipinski definition) is 3. The summed E-state index contributed by atoms with van der Waals surface area (Å²) in [7, 11) is 0. The van der Waals surface area contributed by atoms with Crippen LogP contribution in [0.2, 0.25) is 0 Å². The number of carbonyl (C=O) groups excluding carboxylic acids is 1. The van der Waals surface area contributed by atoms with E-state index in [2.05, 4.69) is 17.6 Å². The molecule has 5 nitrogen and oxygen atoms in total. The van der Waals surface area contributed by atoms with Gasteiger partial charge in [0.2, 0.25) is 0 Å². The number of benzene rings is 1. The zero-order chi connectivity index (χ0) is 14.5. The predicted molar refractivity (Wildman–Crippen MR) is 79.4 cm³/mol. The van der Waals surface area contributed by atoms with E-state index in [9.17, 15) is 9.90 Å². The van der Waals surface area contributed by atoms with Gasteiger partial charge in [0.15, 0.2) is 0 Å². The SMILES string of the molecule is CC(NC1CCCC1CO)c1ccc(NC(N)=O)cc1. The molecule has 3 unspecified atom stereocenters. The molecule has 20 heavy (non-hydrogen) atoms. The Hall–Kier alpha value is -1.59. The summed E-state index contributed by atoms with van der Waals surface area (Å²) in [6.45, 7) is 2.37. The average molecular weight is 277 g/mol. The zero-order valence-electron chi connectivity index (χ0n) is 11.8. The van der Waals surface area contributed by atoms with Crippen LogP contribution in [-0.4, -0.2) is 23.8 Å². The summed E-state index contributed by atoms with van der Waals surface area (Å²) in [4.78, 5) is 10.8. The highest BCUT2D eigenvalue weighted by molar-refractivity contribution is 5.87. The number of rotatable bonds is 5. The van der Waals surface area contributed by atoms with Crippen LogP contribution in [0.3, 0.4) is 0 Å². The van der Waals surface area contributed by atoms with Crippen molar-refractivity contribution in [3.8, 4) is 0 Å². The summed E-state index contributed by atoms with van der Waals surface area (Å²) in [5.41, 5.74) is 6.93. The second-order valence-corrected chi connectivity index (χ2v) is 5.48. The lowest BCUT2D eigenvalue weighted by Gasteiger charge is -2.24. The molecular formula is C15H23N3O2. The van der Waals surface area contributed by atoms with Crippen LogP contribution in [-0.2, 0) is 0 Å². The maximum Gasteiger partial charge on any atom is 0.316 e. The summed E-state index contributed by atoms with van der Waals surface area (Å²) in [5.74, 6) is 0.369. The van der Waals surface area contributed by atoms with E-state index in [0.29, 0.717) is 17.6 Å². The largest absolute Gasteiger partial charge is 0.396 e. The number of nitrogens with one attached hydrogen (secondary N) is 2. The second-order valence-electron chi connectivity index (χ2n) is 5.48. The molecular weight excluding hydrogens is 254 g/mol. The van der Waals surface area contributed by atoms with Crippen molar-refractivity contribution in [1.82, 2.24) is 5.32 Å². The van der Waals surface area contributed by atoms with Gasteiger partial charge in [-0.3, -0.25) is 0 Å². The van der Waals surface area contributed by atoms with E-state index in [1.54, 1.807) is 0 Å². The highest BCUT2D eigenvalue weighted by Gasteiger charge is 2.27. The molecule has 1 aromatic rings. The lowest BCUT2D eigenvalue weighted by Crippen LogP contribution is -2.35. The van der Waals surface area contributed by atoms with E-state index in [1.165, 1.54) is 6.42 Å². The number of urea groups is 1. The van der Waals surface area contributed by atoms with Gasteiger partial charge in [0.1, 0.15) is 0 Å². The summed E-state index contributed by atoms with van der Waals surface area (Å²) in [5, 5.41) is 15.5. The minimum atomic E-state index is -0.555. The number of anilines is 1. The van der Waals surface area contributed by atoms with E-state index in [0.717, 1.165) is 18.4 Å². The minimum absolute atomic E-state index is 0.217. The van der Waals surface area contributed by atoms with Crippen molar-refractivity contribution in [1.29, 1.82) is 0 Å². The minimum Gasteiger partial charge on any atom is -0.396 e. The number of hydrogen-bond donors (Lipinski definition) is 4. The molecule has 1 aliphatic rings. The molecule has 0 aromatic heterocycles. The Kier molecular flexibility index (Phi) is 4.98. The van der Waals surface area contributed by atoms with Crippen molar-refractivity contribution >= 4 is 11.7 Å². The van der Waals surface area contributed by atoms with Crippen molar-refractivity contribution in [3.63, 3.8) is 0 Å². The molecule has 5 heteroatoms. The van der Waals surface area contributed by atoms with Crippen LogP contribution in [0.5, 0.6) is 0 Å². The first-order chi connectivity index (χ1) is 9.60. The molecule has 1 aliphatic carbocycles. The number of nitrogens with two attached hydrogens (primary N) is 1. The van der Waals surface area contributed by atoms with Gasteiger partial charge in [-0.05, 0) is 43.4 Å². The lowest BCUT2D eigenvalue weighted by atomic mass is 10.0. The molecule has 3 atom stereocenters. The van der Waals surface area contributed by atoms with E-state index in [1.807, 2.05) is 24.3 Å². The van der Waals surface area contributed by atoms with Gasteiger partial charge in [-0.15, -0.1) is 0 Å². The van der Waals surface area contributed by atoms with Crippen molar-refractivity contribution in [2.45, 2.75) is 38.3 Å². The number of amides is 2. The normalized spacial score (nSPS) is 23.5. The molecule has 1 fully saturated rings. The summed E-state index contributed by atoms with van der Waals surface area (Å²) in [6.07, 6.45) is 3.40. The van der Waals surface area contributed by atoms with Gasteiger partial charge in [-0.2, -0.15) is 0 Å². The quantitative estimate of drug-likeness (QED) is 0.663. The number of aliphatic hydroxyl groups excluding tert-OH is 1. The van der Waals surface area contributed by atoms with Gasteiger partial charge >= 0.3 is 6.03 Å². The Balaban J connectivity index is 1.95. The van der Waals surface area contributed by atoms with E-state index in [-0.39, 0.29) is 12.6 Å². The van der Waals surface area contributed by atoms with Crippen LogP contribution in [0.4, 0.5) is 10.5 Å². The maximum atomic E-state index is 10.8.